The maximum Gasteiger partial charge on any atom is 0.132 e. The Hall–Kier alpha value is -1.90. The van der Waals surface area contributed by atoms with Crippen molar-refractivity contribution < 1.29 is 0 Å². The van der Waals surface area contributed by atoms with Crippen molar-refractivity contribution in [3.63, 3.8) is 0 Å². The van der Waals surface area contributed by atoms with Crippen LogP contribution >= 0.6 is 0 Å². The molecule has 1 aromatic carbocycles. The molecule has 0 atom stereocenters. The Kier molecular flexibility index (Phi) is 4.38. The summed E-state index contributed by atoms with van der Waals surface area (Å²) in [6.45, 7) is 8.49. The van der Waals surface area contributed by atoms with E-state index in [1.165, 1.54) is 16.7 Å². The van der Waals surface area contributed by atoms with Crippen molar-refractivity contribution in [3.05, 3.63) is 40.7 Å². The van der Waals surface area contributed by atoms with Crippen molar-refractivity contribution in [2.24, 2.45) is 0 Å². The van der Waals surface area contributed by atoms with Crippen LogP contribution in [0.4, 0.5) is 5.82 Å². The van der Waals surface area contributed by atoms with Crippen molar-refractivity contribution in [1.82, 2.24) is 9.97 Å². The average molecular weight is 269 g/mol. The monoisotopic (exact) mass is 269 g/mol. The molecule has 3 nitrogen and oxygen atoms in total. The first kappa shape index (κ1) is 14.5. The minimum absolute atomic E-state index is 0.910. The molecule has 0 fully saturated rings. The Balaban J connectivity index is 2.62. The van der Waals surface area contributed by atoms with Gasteiger partial charge in [0.15, 0.2) is 0 Å². The Bertz CT molecular complexity index is 618. The lowest BCUT2D eigenvalue weighted by Crippen LogP contribution is -2.05. The minimum atomic E-state index is 0.910. The van der Waals surface area contributed by atoms with Gasteiger partial charge in [-0.3, -0.25) is 0 Å². The highest BCUT2D eigenvalue weighted by atomic mass is 15.0. The third-order valence-electron chi connectivity index (χ3n) is 3.54. The Morgan fingerprint density at radius 1 is 1.10 bits per heavy atom. The Morgan fingerprint density at radius 3 is 2.45 bits per heavy atom. The van der Waals surface area contributed by atoms with Gasteiger partial charge in [-0.2, -0.15) is 0 Å². The van der Waals surface area contributed by atoms with E-state index in [0.29, 0.717) is 0 Å². The summed E-state index contributed by atoms with van der Waals surface area (Å²) in [5.74, 6) is 1.84. The Morgan fingerprint density at radius 2 is 1.85 bits per heavy atom. The van der Waals surface area contributed by atoms with E-state index in [0.717, 1.165) is 35.7 Å². The Labute approximate surface area is 121 Å². The topological polar surface area (TPSA) is 37.8 Å². The number of hydrogen-bond acceptors (Lipinski definition) is 3. The quantitative estimate of drug-likeness (QED) is 0.909. The first-order chi connectivity index (χ1) is 9.56. The molecule has 0 saturated heterocycles. The van der Waals surface area contributed by atoms with Crippen LogP contribution in [-0.4, -0.2) is 17.0 Å². The van der Waals surface area contributed by atoms with Gasteiger partial charge in [0.05, 0.1) is 5.69 Å². The van der Waals surface area contributed by atoms with E-state index >= 15 is 0 Å². The van der Waals surface area contributed by atoms with Crippen LogP contribution in [0.5, 0.6) is 0 Å². The molecule has 0 radical (unpaired) electrons. The number of aryl methyl sites for hydroxylation is 3. The van der Waals surface area contributed by atoms with E-state index in [4.69, 9.17) is 4.98 Å². The molecule has 0 unspecified atom stereocenters. The highest BCUT2D eigenvalue weighted by Gasteiger charge is 2.13. The van der Waals surface area contributed by atoms with Gasteiger partial charge in [0.25, 0.3) is 0 Å². The van der Waals surface area contributed by atoms with Gasteiger partial charge in [-0.25, -0.2) is 9.97 Å². The average Bonchev–Trinajstić information content (AvgIpc) is 2.41. The molecule has 1 heterocycles. The van der Waals surface area contributed by atoms with E-state index in [1.807, 2.05) is 7.05 Å². The molecule has 0 aliphatic carbocycles. The molecule has 2 aromatic rings. The van der Waals surface area contributed by atoms with Crippen LogP contribution in [0.25, 0.3) is 11.3 Å². The lowest BCUT2D eigenvalue weighted by molar-refractivity contribution is 0.834. The second-order valence-electron chi connectivity index (χ2n) is 5.28. The van der Waals surface area contributed by atoms with Gasteiger partial charge in [0, 0.05) is 24.6 Å². The van der Waals surface area contributed by atoms with Crippen LogP contribution in [0.3, 0.4) is 0 Å². The SMILES string of the molecule is CCCc1nc(NC)c(C)c(-c2ccc(C)cc2C)n1. The number of benzene rings is 1. The van der Waals surface area contributed by atoms with Gasteiger partial charge in [-0.1, -0.05) is 30.7 Å². The molecule has 0 spiro atoms. The van der Waals surface area contributed by atoms with Gasteiger partial charge in [-0.05, 0) is 32.8 Å². The van der Waals surface area contributed by atoms with Crippen molar-refractivity contribution in [3.8, 4) is 11.3 Å². The summed E-state index contributed by atoms with van der Waals surface area (Å²) in [4.78, 5) is 9.37. The molecule has 0 amide bonds. The number of nitrogens with zero attached hydrogens (tertiary/aromatic N) is 2. The fourth-order valence-corrected chi connectivity index (χ4v) is 2.48. The smallest absolute Gasteiger partial charge is 0.132 e. The van der Waals surface area contributed by atoms with Crippen LogP contribution in [-0.2, 0) is 6.42 Å². The van der Waals surface area contributed by atoms with Crippen molar-refractivity contribution in [1.29, 1.82) is 0 Å². The molecule has 2 rings (SSSR count). The first-order valence-corrected chi connectivity index (χ1v) is 7.19. The van der Waals surface area contributed by atoms with E-state index in [-0.39, 0.29) is 0 Å². The van der Waals surface area contributed by atoms with Crippen LogP contribution in [0.2, 0.25) is 0 Å². The van der Waals surface area contributed by atoms with Gasteiger partial charge in [-0.15, -0.1) is 0 Å². The third-order valence-corrected chi connectivity index (χ3v) is 3.54. The van der Waals surface area contributed by atoms with Crippen LogP contribution in [0.1, 0.15) is 35.9 Å². The first-order valence-electron chi connectivity index (χ1n) is 7.19. The van der Waals surface area contributed by atoms with Crippen LogP contribution in [0.15, 0.2) is 18.2 Å². The van der Waals surface area contributed by atoms with Crippen molar-refractivity contribution >= 4 is 5.82 Å². The van der Waals surface area contributed by atoms with Crippen LogP contribution < -0.4 is 5.32 Å². The lowest BCUT2D eigenvalue weighted by atomic mass is 10.00. The summed E-state index contributed by atoms with van der Waals surface area (Å²) in [5, 5.41) is 3.18. The molecule has 0 saturated carbocycles. The predicted molar refractivity (Wildman–Crippen MR) is 85.2 cm³/mol. The molecule has 0 aliphatic rings. The number of hydrogen-bond donors (Lipinski definition) is 1. The fourth-order valence-electron chi connectivity index (χ4n) is 2.48. The molecule has 20 heavy (non-hydrogen) atoms. The number of anilines is 1. The standard InChI is InChI=1S/C17H23N3/c1-6-7-15-19-16(13(4)17(18-5)20-15)14-9-8-11(2)10-12(14)3/h8-10H,6-7H2,1-5H3,(H,18,19,20). The summed E-state index contributed by atoms with van der Waals surface area (Å²) in [7, 11) is 1.91. The number of rotatable bonds is 4. The molecule has 3 heteroatoms. The number of aromatic nitrogens is 2. The highest BCUT2D eigenvalue weighted by molar-refractivity contribution is 5.71. The summed E-state index contributed by atoms with van der Waals surface area (Å²) >= 11 is 0. The molecule has 106 valence electrons. The lowest BCUT2D eigenvalue weighted by Gasteiger charge is -2.14. The van der Waals surface area contributed by atoms with Gasteiger partial charge in [0.2, 0.25) is 0 Å². The maximum absolute atomic E-state index is 4.78. The van der Waals surface area contributed by atoms with E-state index in [9.17, 15) is 0 Å². The van der Waals surface area contributed by atoms with Gasteiger partial charge >= 0.3 is 0 Å². The normalized spacial score (nSPS) is 10.7. The van der Waals surface area contributed by atoms with Crippen molar-refractivity contribution in [2.75, 3.05) is 12.4 Å². The molecule has 0 aliphatic heterocycles. The highest BCUT2D eigenvalue weighted by Crippen LogP contribution is 2.29. The summed E-state index contributed by atoms with van der Waals surface area (Å²) in [6, 6.07) is 6.51. The zero-order chi connectivity index (χ0) is 14.7. The van der Waals surface area contributed by atoms with E-state index in [1.54, 1.807) is 0 Å². The summed E-state index contributed by atoms with van der Waals surface area (Å²) < 4.78 is 0. The third kappa shape index (κ3) is 2.82. The number of nitrogens with one attached hydrogen (secondary N) is 1. The van der Waals surface area contributed by atoms with Crippen molar-refractivity contribution in [2.45, 2.75) is 40.5 Å². The second-order valence-corrected chi connectivity index (χ2v) is 5.28. The largest absolute Gasteiger partial charge is 0.373 e. The van der Waals surface area contributed by atoms with E-state index in [2.05, 4.69) is 56.2 Å². The molecule has 1 aromatic heterocycles. The summed E-state index contributed by atoms with van der Waals surface area (Å²) in [5.41, 5.74) is 5.89. The fraction of sp³-hybridized carbons (Fsp3) is 0.412. The molecular formula is C17H23N3. The predicted octanol–water partition coefficient (Wildman–Crippen LogP) is 4.06. The zero-order valence-corrected chi connectivity index (χ0v) is 13.0. The molecular weight excluding hydrogens is 246 g/mol. The second kappa shape index (κ2) is 6.04. The zero-order valence-electron chi connectivity index (χ0n) is 13.0. The van der Waals surface area contributed by atoms with Gasteiger partial charge in [0.1, 0.15) is 11.6 Å². The van der Waals surface area contributed by atoms with Crippen LogP contribution in [0, 0.1) is 20.8 Å². The minimum Gasteiger partial charge on any atom is -0.373 e. The van der Waals surface area contributed by atoms with E-state index < -0.39 is 0 Å². The summed E-state index contributed by atoms with van der Waals surface area (Å²) in [6.07, 6.45) is 1.96. The molecule has 0 bridgehead atoms. The molecule has 1 N–H and O–H groups in total. The maximum atomic E-state index is 4.78. The van der Waals surface area contributed by atoms with Gasteiger partial charge < -0.3 is 5.32 Å².